The summed E-state index contributed by atoms with van der Waals surface area (Å²) in [4.78, 5) is 11.9. The molecular weight excluding hydrogens is 256 g/mol. The normalized spacial score (nSPS) is 33.8. The van der Waals surface area contributed by atoms with Crippen molar-refractivity contribution in [2.45, 2.75) is 40.0 Å². The van der Waals surface area contributed by atoms with Crippen molar-refractivity contribution < 1.29 is 4.79 Å². The number of hydrogen-bond donors (Lipinski definition) is 1. The average molecular weight is 276 g/mol. The molecule has 2 atom stereocenters. The van der Waals surface area contributed by atoms with E-state index in [-0.39, 0.29) is 11.3 Å². The maximum atomic E-state index is 11.9. The van der Waals surface area contributed by atoms with Crippen LogP contribution in [0.3, 0.4) is 0 Å². The lowest BCUT2D eigenvalue weighted by Crippen LogP contribution is -2.34. The Hall–Kier alpha value is -1.16. The van der Waals surface area contributed by atoms with Gasteiger partial charge in [-0.3, -0.25) is 4.79 Å². The summed E-state index contributed by atoms with van der Waals surface area (Å²) < 4.78 is 0. The van der Waals surface area contributed by atoms with E-state index in [1.54, 1.807) is 0 Å². The van der Waals surface area contributed by atoms with E-state index in [1.807, 2.05) is 16.8 Å². The molecule has 2 saturated carbocycles. The molecule has 2 fully saturated rings. The Morgan fingerprint density at radius 2 is 2.26 bits per heavy atom. The highest BCUT2D eigenvalue weighted by Gasteiger charge is 2.59. The Bertz CT molecular complexity index is 532. The minimum absolute atomic E-state index is 0.0991. The molecule has 2 bridgehead atoms. The molecule has 0 radical (unpaired) electrons. The third-order valence-electron chi connectivity index (χ3n) is 5.59. The zero-order chi connectivity index (χ0) is 13.7. The van der Waals surface area contributed by atoms with Gasteiger partial charge in [0.05, 0.1) is 5.56 Å². The molecule has 0 aliphatic heterocycles. The third kappa shape index (κ3) is 1.76. The zero-order valence-electron chi connectivity index (χ0n) is 11.7. The number of hydrogen-bond acceptors (Lipinski definition) is 3. The molecule has 0 saturated heterocycles. The predicted octanol–water partition coefficient (Wildman–Crippen LogP) is 3.68. The first-order valence-electron chi connectivity index (χ1n) is 6.85. The highest BCUT2D eigenvalue weighted by atomic mass is 32.1. The lowest BCUT2D eigenvalue weighted by Gasteiger charge is -2.34. The lowest BCUT2D eigenvalue weighted by molar-refractivity contribution is 0.0954. The van der Waals surface area contributed by atoms with Crippen LogP contribution >= 0.6 is 11.3 Å². The van der Waals surface area contributed by atoms with Crippen molar-refractivity contribution in [2.75, 3.05) is 0 Å². The monoisotopic (exact) mass is 276 g/mol. The van der Waals surface area contributed by atoms with E-state index in [1.165, 1.54) is 29.9 Å². The molecule has 1 heterocycles. The fourth-order valence-corrected chi connectivity index (χ4v) is 4.31. The maximum absolute atomic E-state index is 11.9. The molecular formula is C15H20N2OS. The largest absolute Gasteiger partial charge is 0.272 e. The van der Waals surface area contributed by atoms with Crippen molar-refractivity contribution in [3.05, 3.63) is 22.4 Å². The van der Waals surface area contributed by atoms with Crippen LogP contribution in [0.4, 0.5) is 0 Å². The van der Waals surface area contributed by atoms with Gasteiger partial charge in [-0.2, -0.15) is 16.4 Å². The number of carbonyl (C=O) groups excluding carboxylic acids is 1. The number of rotatable bonds is 2. The van der Waals surface area contributed by atoms with Crippen molar-refractivity contribution >= 4 is 23.0 Å². The Morgan fingerprint density at radius 1 is 1.47 bits per heavy atom. The molecule has 0 aromatic carbocycles. The number of thiophene rings is 1. The van der Waals surface area contributed by atoms with E-state index in [0.29, 0.717) is 16.9 Å². The van der Waals surface area contributed by atoms with Gasteiger partial charge in [0.25, 0.3) is 5.91 Å². The first-order chi connectivity index (χ1) is 8.95. The Morgan fingerprint density at radius 3 is 2.79 bits per heavy atom. The van der Waals surface area contributed by atoms with Gasteiger partial charge >= 0.3 is 0 Å². The molecule has 4 heteroatoms. The zero-order valence-corrected chi connectivity index (χ0v) is 12.5. The van der Waals surface area contributed by atoms with E-state index in [4.69, 9.17) is 0 Å². The van der Waals surface area contributed by atoms with Gasteiger partial charge in [-0.25, -0.2) is 5.43 Å². The van der Waals surface area contributed by atoms with Gasteiger partial charge in [-0.05, 0) is 42.0 Å². The molecule has 3 nitrogen and oxygen atoms in total. The van der Waals surface area contributed by atoms with Crippen LogP contribution in [0.1, 0.15) is 50.4 Å². The topological polar surface area (TPSA) is 41.5 Å². The van der Waals surface area contributed by atoms with Crippen molar-refractivity contribution in [1.29, 1.82) is 0 Å². The van der Waals surface area contributed by atoms with E-state index in [0.717, 1.165) is 6.42 Å². The minimum Gasteiger partial charge on any atom is -0.267 e. The van der Waals surface area contributed by atoms with Crippen molar-refractivity contribution in [3.63, 3.8) is 0 Å². The summed E-state index contributed by atoms with van der Waals surface area (Å²) in [7, 11) is 0. The number of hydrazone groups is 1. The van der Waals surface area contributed by atoms with Gasteiger partial charge in [0.1, 0.15) is 0 Å². The number of carbonyl (C=O) groups is 1. The van der Waals surface area contributed by atoms with E-state index >= 15 is 0 Å². The Kier molecular flexibility index (Phi) is 2.82. The van der Waals surface area contributed by atoms with Crippen molar-refractivity contribution in [3.8, 4) is 0 Å². The number of nitrogens with zero attached hydrogens (tertiary/aromatic N) is 1. The first kappa shape index (κ1) is 12.9. The van der Waals surface area contributed by atoms with Crippen LogP contribution in [0.25, 0.3) is 0 Å². The molecule has 0 unspecified atom stereocenters. The summed E-state index contributed by atoms with van der Waals surface area (Å²) in [5.41, 5.74) is 5.06. The molecule has 1 amide bonds. The highest BCUT2D eigenvalue weighted by Crippen LogP contribution is 2.63. The molecule has 2 aliphatic rings. The van der Waals surface area contributed by atoms with Gasteiger partial charge in [-0.1, -0.05) is 20.8 Å². The van der Waals surface area contributed by atoms with E-state index < -0.39 is 0 Å². The fourth-order valence-electron chi connectivity index (χ4n) is 3.67. The quantitative estimate of drug-likeness (QED) is 0.823. The molecule has 1 N–H and O–H groups in total. The lowest BCUT2D eigenvalue weighted by atomic mass is 9.70. The van der Waals surface area contributed by atoms with Crippen LogP contribution in [0.2, 0.25) is 0 Å². The van der Waals surface area contributed by atoms with Crippen molar-refractivity contribution in [1.82, 2.24) is 5.43 Å². The molecule has 19 heavy (non-hydrogen) atoms. The highest BCUT2D eigenvalue weighted by molar-refractivity contribution is 7.08. The summed E-state index contributed by atoms with van der Waals surface area (Å²) in [6.45, 7) is 6.98. The smallest absolute Gasteiger partial charge is 0.267 e. The number of nitrogens with one attached hydrogen (secondary N) is 1. The third-order valence-corrected chi connectivity index (χ3v) is 6.27. The molecule has 102 valence electrons. The summed E-state index contributed by atoms with van der Waals surface area (Å²) in [5, 5.41) is 8.21. The van der Waals surface area contributed by atoms with Gasteiger partial charge in [0.2, 0.25) is 0 Å². The Labute approximate surface area is 118 Å². The van der Waals surface area contributed by atoms with Crippen LogP contribution in [-0.4, -0.2) is 11.6 Å². The number of fused-ring (bicyclic) bond motifs is 2. The SMILES string of the molecule is CC1(C)[C@H]2CC[C@@]1(C)/C(=N/NC(=O)c1ccsc1)C2. The standard InChI is InChI=1S/C15H20N2OS/c1-14(2)11-4-6-15(14,3)12(8-11)16-17-13(18)10-5-7-19-9-10/h5,7,9,11H,4,6,8H2,1-3H3,(H,17,18)/b16-12+/t11-,15-/m0/s1. The molecule has 2 aliphatic carbocycles. The number of amides is 1. The average Bonchev–Trinajstić information content (AvgIpc) is 3.01. The van der Waals surface area contributed by atoms with Crippen LogP contribution < -0.4 is 5.43 Å². The molecule has 3 rings (SSSR count). The van der Waals surface area contributed by atoms with Gasteiger partial charge in [0.15, 0.2) is 0 Å². The molecule has 1 aromatic rings. The second kappa shape index (κ2) is 4.17. The van der Waals surface area contributed by atoms with Gasteiger partial charge in [0, 0.05) is 16.5 Å². The van der Waals surface area contributed by atoms with E-state index in [9.17, 15) is 4.79 Å². The summed E-state index contributed by atoms with van der Waals surface area (Å²) in [6.07, 6.45) is 3.52. The summed E-state index contributed by atoms with van der Waals surface area (Å²) in [6, 6.07) is 1.83. The fraction of sp³-hybridized carbons (Fsp3) is 0.600. The summed E-state index contributed by atoms with van der Waals surface area (Å²) in [5.74, 6) is 0.618. The van der Waals surface area contributed by atoms with Crippen LogP contribution in [0.15, 0.2) is 21.9 Å². The Balaban J connectivity index is 1.78. The van der Waals surface area contributed by atoms with Gasteiger partial charge < -0.3 is 0 Å². The summed E-state index contributed by atoms with van der Waals surface area (Å²) >= 11 is 1.53. The minimum atomic E-state index is -0.0991. The van der Waals surface area contributed by atoms with Crippen LogP contribution in [0.5, 0.6) is 0 Å². The first-order valence-corrected chi connectivity index (χ1v) is 7.79. The van der Waals surface area contributed by atoms with Crippen LogP contribution in [-0.2, 0) is 0 Å². The molecule has 1 aromatic heterocycles. The van der Waals surface area contributed by atoms with Crippen LogP contribution in [0, 0.1) is 16.7 Å². The van der Waals surface area contributed by atoms with E-state index in [2.05, 4.69) is 31.3 Å². The van der Waals surface area contributed by atoms with Crippen molar-refractivity contribution in [2.24, 2.45) is 21.8 Å². The predicted molar refractivity (Wildman–Crippen MR) is 78.4 cm³/mol. The molecule has 0 spiro atoms. The second-order valence-electron chi connectivity index (χ2n) is 6.50. The van der Waals surface area contributed by atoms with Gasteiger partial charge in [-0.15, -0.1) is 0 Å². The maximum Gasteiger partial charge on any atom is 0.272 e. The second-order valence-corrected chi connectivity index (χ2v) is 7.29.